The van der Waals surface area contributed by atoms with Gasteiger partial charge in [0.15, 0.2) is 0 Å². The van der Waals surface area contributed by atoms with Gasteiger partial charge in [0, 0.05) is 56.1 Å². The van der Waals surface area contributed by atoms with E-state index in [1.165, 1.54) is 12.3 Å². The van der Waals surface area contributed by atoms with Crippen molar-refractivity contribution in [1.29, 1.82) is 0 Å². The highest BCUT2D eigenvalue weighted by Gasteiger charge is 2.21. The predicted octanol–water partition coefficient (Wildman–Crippen LogP) is 3.00. The second-order valence-corrected chi connectivity index (χ2v) is 6.22. The lowest BCUT2D eigenvalue weighted by atomic mass is 10.1. The van der Waals surface area contributed by atoms with Gasteiger partial charge >= 0.3 is 6.03 Å². The first-order chi connectivity index (χ1) is 12.7. The molecule has 0 bridgehead atoms. The Morgan fingerprint density at radius 1 is 1.19 bits per heavy atom. The van der Waals surface area contributed by atoms with Crippen LogP contribution in [0.3, 0.4) is 0 Å². The summed E-state index contributed by atoms with van der Waals surface area (Å²) in [5.41, 5.74) is 2.63. The van der Waals surface area contributed by atoms with Crippen LogP contribution in [0.1, 0.15) is 5.56 Å². The summed E-state index contributed by atoms with van der Waals surface area (Å²) in [5.74, 6) is -0.490. The molecule has 134 valence electrons. The molecule has 6 nitrogen and oxygen atoms in total. The molecule has 1 aliphatic rings. The van der Waals surface area contributed by atoms with Crippen LogP contribution in [0.4, 0.5) is 14.9 Å². The van der Waals surface area contributed by atoms with Crippen molar-refractivity contribution in [2.45, 2.75) is 6.54 Å². The molecule has 1 fully saturated rings. The smallest absolute Gasteiger partial charge is 0.317 e. The Labute approximate surface area is 150 Å². The number of rotatable bonds is 3. The van der Waals surface area contributed by atoms with Crippen LogP contribution in [0.25, 0.3) is 11.0 Å². The standard InChI is InChI=1S/C19H19FN4O2/c20-18-12-15(4-6-21-18)23-7-9-24(10-8-23)19(25)22-13-14-2-1-3-17-16(14)5-11-26-17/h1-6,11-12H,7-10,13H2,(H,22,25). The molecule has 26 heavy (non-hydrogen) atoms. The number of benzene rings is 1. The maximum Gasteiger partial charge on any atom is 0.317 e. The van der Waals surface area contributed by atoms with Gasteiger partial charge in [-0.1, -0.05) is 12.1 Å². The number of urea groups is 1. The molecule has 0 unspecified atom stereocenters. The quantitative estimate of drug-likeness (QED) is 0.735. The molecule has 0 atom stereocenters. The van der Waals surface area contributed by atoms with Crippen LogP contribution in [0.2, 0.25) is 0 Å². The highest BCUT2D eigenvalue weighted by Crippen LogP contribution is 2.20. The third kappa shape index (κ3) is 3.33. The van der Waals surface area contributed by atoms with Crippen molar-refractivity contribution < 1.29 is 13.6 Å². The predicted molar refractivity (Wildman–Crippen MR) is 96.4 cm³/mol. The SMILES string of the molecule is O=C(NCc1cccc2occc12)N1CCN(c2ccnc(F)c2)CC1. The molecule has 1 saturated heterocycles. The van der Waals surface area contributed by atoms with Gasteiger partial charge in [-0.2, -0.15) is 4.39 Å². The third-order valence-electron chi connectivity index (χ3n) is 4.66. The second kappa shape index (κ2) is 7.03. The lowest BCUT2D eigenvalue weighted by Gasteiger charge is -2.36. The Morgan fingerprint density at radius 2 is 2.04 bits per heavy atom. The molecule has 0 radical (unpaired) electrons. The fraction of sp³-hybridized carbons (Fsp3) is 0.263. The Hall–Kier alpha value is -3.09. The highest BCUT2D eigenvalue weighted by molar-refractivity contribution is 5.82. The topological polar surface area (TPSA) is 61.6 Å². The van der Waals surface area contributed by atoms with Crippen molar-refractivity contribution in [2.24, 2.45) is 0 Å². The van der Waals surface area contributed by atoms with Gasteiger partial charge < -0.3 is 19.5 Å². The molecule has 2 amide bonds. The monoisotopic (exact) mass is 354 g/mol. The number of nitrogens with zero attached hydrogens (tertiary/aromatic N) is 3. The van der Waals surface area contributed by atoms with E-state index in [4.69, 9.17) is 4.42 Å². The molecule has 3 heterocycles. The van der Waals surface area contributed by atoms with E-state index >= 15 is 0 Å². The van der Waals surface area contributed by atoms with Crippen LogP contribution < -0.4 is 10.2 Å². The van der Waals surface area contributed by atoms with Crippen molar-refractivity contribution in [3.8, 4) is 0 Å². The van der Waals surface area contributed by atoms with Crippen molar-refractivity contribution in [1.82, 2.24) is 15.2 Å². The molecular weight excluding hydrogens is 335 g/mol. The number of piperazine rings is 1. The first-order valence-electron chi connectivity index (χ1n) is 8.55. The fourth-order valence-electron chi connectivity index (χ4n) is 3.25. The van der Waals surface area contributed by atoms with Crippen molar-refractivity contribution in [3.05, 3.63) is 60.4 Å². The molecule has 4 rings (SSSR count). The summed E-state index contributed by atoms with van der Waals surface area (Å²) in [7, 11) is 0. The summed E-state index contributed by atoms with van der Waals surface area (Å²) < 4.78 is 18.6. The van der Waals surface area contributed by atoms with Crippen LogP contribution in [0.5, 0.6) is 0 Å². The van der Waals surface area contributed by atoms with Crippen LogP contribution in [-0.2, 0) is 6.54 Å². The normalized spacial score (nSPS) is 14.7. The van der Waals surface area contributed by atoms with Crippen LogP contribution >= 0.6 is 0 Å². The van der Waals surface area contributed by atoms with E-state index in [0.29, 0.717) is 32.7 Å². The Bertz CT molecular complexity index is 919. The van der Waals surface area contributed by atoms with E-state index in [9.17, 15) is 9.18 Å². The highest BCUT2D eigenvalue weighted by atomic mass is 19.1. The van der Waals surface area contributed by atoms with E-state index in [-0.39, 0.29) is 6.03 Å². The van der Waals surface area contributed by atoms with Gasteiger partial charge in [0.1, 0.15) is 5.58 Å². The fourth-order valence-corrected chi connectivity index (χ4v) is 3.25. The van der Waals surface area contributed by atoms with E-state index in [2.05, 4.69) is 15.2 Å². The average Bonchev–Trinajstić information content (AvgIpc) is 3.15. The molecule has 0 spiro atoms. The molecule has 2 aromatic heterocycles. The van der Waals surface area contributed by atoms with Crippen LogP contribution in [0, 0.1) is 5.95 Å². The zero-order valence-corrected chi connectivity index (χ0v) is 14.2. The van der Waals surface area contributed by atoms with Gasteiger partial charge in [-0.15, -0.1) is 0 Å². The van der Waals surface area contributed by atoms with Gasteiger partial charge in [-0.3, -0.25) is 0 Å². The van der Waals surface area contributed by atoms with Gasteiger partial charge in [0.25, 0.3) is 0 Å². The number of hydrogen-bond donors (Lipinski definition) is 1. The minimum Gasteiger partial charge on any atom is -0.464 e. The lowest BCUT2D eigenvalue weighted by molar-refractivity contribution is 0.194. The maximum absolute atomic E-state index is 13.3. The van der Waals surface area contributed by atoms with Crippen molar-refractivity contribution in [3.63, 3.8) is 0 Å². The lowest BCUT2D eigenvalue weighted by Crippen LogP contribution is -2.51. The Kier molecular flexibility index (Phi) is 4.43. The molecule has 1 N–H and O–H groups in total. The number of anilines is 1. The summed E-state index contributed by atoms with van der Waals surface area (Å²) in [6, 6.07) is 10.8. The van der Waals surface area contributed by atoms with Crippen molar-refractivity contribution >= 4 is 22.7 Å². The van der Waals surface area contributed by atoms with E-state index in [1.807, 2.05) is 24.3 Å². The molecule has 7 heteroatoms. The summed E-state index contributed by atoms with van der Waals surface area (Å²) in [5, 5.41) is 3.98. The number of amides is 2. The first-order valence-corrected chi connectivity index (χ1v) is 8.55. The zero-order chi connectivity index (χ0) is 17.9. The third-order valence-corrected chi connectivity index (χ3v) is 4.66. The van der Waals surface area contributed by atoms with Crippen LogP contribution in [-0.4, -0.2) is 42.1 Å². The number of fused-ring (bicyclic) bond motifs is 1. The number of carbonyl (C=O) groups excluding carboxylic acids is 1. The number of hydrogen-bond acceptors (Lipinski definition) is 4. The number of nitrogens with one attached hydrogen (secondary N) is 1. The number of halogens is 1. The molecular formula is C19H19FN4O2. The minimum absolute atomic E-state index is 0.0916. The second-order valence-electron chi connectivity index (χ2n) is 6.22. The van der Waals surface area contributed by atoms with Gasteiger partial charge in [-0.25, -0.2) is 9.78 Å². The summed E-state index contributed by atoms with van der Waals surface area (Å²) in [6.45, 7) is 2.95. The molecule has 1 aliphatic heterocycles. The Balaban J connectivity index is 1.33. The van der Waals surface area contributed by atoms with Crippen molar-refractivity contribution in [2.75, 3.05) is 31.1 Å². The van der Waals surface area contributed by atoms with E-state index < -0.39 is 5.95 Å². The largest absolute Gasteiger partial charge is 0.464 e. The van der Waals surface area contributed by atoms with Gasteiger partial charge in [-0.05, 0) is 23.8 Å². The van der Waals surface area contributed by atoms with Crippen LogP contribution in [0.15, 0.2) is 53.3 Å². The number of carbonyl (C=O) groups is 1. The zero-order valence-electron chi connectivity index (χ0n) is 14.2. The summed E-state index contributed by atoms with van der Waals surface area (Å²) in [6.07, 6.45) is 3.11. The van der Waals surface area contributed by atoms with E-state index in [1.54, 1.807) is 17.2 Å². The Morgan fingerprint density at radius 3 is 2.85 bits per heavy atom. The van der Waals surface area contributed by atoms with E-state index in [0.717, 1.165) is 22.2 Å². The maximum atomic E-state index is 13.3. The average molecular weight is 354 g/mol. The van der Waals surface area contributed by atoms with Gasteiger partial charge in [0.05, 0.1) is 6.26 Å². The molecule has 0 aliphatic carbocycles. The summed E-state index contributed by atoms with van der Waals surface area (Å²) >= 11 is 0. The number of aromatic nitrogens is 1. The molecule has 1 aromatic carbocycles. The first kappa shape index (κ1) is 16.4. The number of furan rings is 1. The van der Waals surface area contributed by atoms with Gasteiger partial charge in [0.2, 0.25) is 5.95 Å². The summed E-state index contributed by atoms with van der Waals surface area (Å²) in [4.78, 5) is 19.9. The number of pyridine rings is 1. The molecule has 3 aromatic rings. The minimum atomic E-state index is -0.490. The molecule has 0 saturated carbocycles.